The molecule has 0 atom stereocenters. The van der Waals surface area contributed by atoms with E-state index >= 15 is 0 Å². The number of aromatic nitrogens is 1. The summed E-state index contributed by atoms with van der Waals surface area (Å²) in [7, 11) is 0. The van der Waals surface area contributed by atoms with E-state index in [-0.39, 0.29) is 0 Å². The van der Waals surface area contributed by atoms with Gasteiger partial charge in [0.05, 0.1) is 5.69 Å². The molecule has 0 aliphatic rings. The minimum Gasteiger partial charge on any atom is -0.444 e. The average Bonchev–Trinajstić information content (AvgIpc) is 2.78. The van der Waals surface area contributed by atoms with Crippen LogP contribution in [0.3, 0.4) is 0 Å². The van der Waals surface area contributed by atoms with Gasteiger partial charge in [0.1, 0.15) is 6.26 Å². The van der Waals surface area contributed by atoms with Crippen LogP contribution >= 0.6 is 0 Å². The molecule has 0 amide bonds. The molecule has 1 N–H and O–H groups in total. The van der Waals surface area contributed by atoms with Gasteiger partial charge in [0.15, 0.2) is 0 Å². The van der Waals surface area contributed by atoms with Crippen LogP contribution < -0.4 is 5.32 Å². The maximum absolute atomic E-state index is 5.43. The van der Waals surface area contributed by atoms with Gasteiger partial charge in [-0.05, 0) is 19.1 Å². The Morgan fingerprint density at radius 1 is 1.35 bits per heavy atom. The summed E-state index contributed by atoms with van der Waals surface area (Å²) in [4.78, 5) is 4.42. The van der Waals surface area contributed by atoms with E-state index in [2.05, 4.69) is 16.9 Å². The normalized spacial score (nSPS) is 10.4. The van der Waals surface area contributed by atoms with Crippen molar-refractivity contribution < 1.29 is 4.42 Å². The highest BCUT2D eigenvalue weighted by Gasteiger charge is 2.05. The molecule has 2 rings (SSSR count). The first-order valence-electron chi connectivity index (χ1n) is 5.60. The molecule has 0 bridgehead atoms. The van der Waals surface area contributed by atoms with Crippen molar-refractivity contribution in [2.24, 2.45) is 0 Å². The average molecular weight is 228 g/mol. The van der Waals surface area contributed by atoms with E-state index in [0.29, 0.717) is 12.4 Å². The summed E-state index contributed by atoms with van der Waals surface area (Å²) in [5, 5.41) is 3.24. The van der Waals surface area contributed by atoms with E-state index in [1.807, 2.05) is 37.3 Å². The van der Waals surface area contributed by atoms with Crippen molar-refractivity contribution in [1.82, 2.24) is 10.3 Å². The van der Waals surface area contributed by atoms with E-state index in [1.165, 1.54) is 0 Å². The Labute approximate surface area is 101 Å². The summed E-state index contributed by atoms with van der Waals surface area (Å²) in [5.41, 5.74) is 3.01. The van der Waals surface area contributed by atoms with Gasteiger partial charge < -0.3 is 9.73 Å². The van der Waals surface area contributed by atoms with E-state index < -0.39 is 0 Å². The van der Waals surface area contributed by atoms with Crippen molar-refractivity contribution in [2.75, 3.05) is 6.54 Å². The minimum atomic E-state index is 0.665. The Morgan fingerprint density at radius 3 is 2.82 bits per heavy atom. The van der Waals surface area contributed by atoms with E-state index in [4.69, 9.17) is 4.42 Å². The van der Waals surface area contributed by atoms with Gasteiger partial charge in [0, 0.05) is 18.7 Å². The SMILES string of the molecule is C=C(C)CNCc1coc(-c2ccccc2)n1. The Morgan fingerprint density at radius 2 is 2.12 bits per heavy atom. The monoisotopic (exact) mass is 228 g/mol. The zero-order valence-corrected chi connectivity index (χ0v) is 9.94. The third kappa shape index (κ3) is 3.29. The second-order valence-corrected chi connectivity index (χ2v) is 4.07. The molecule has 1 aromatic heterocycles. The molecule has 0 spiro atoms. The third-order valence-corrected chi connectivity index (χ3v) is 2.31. The fourth-order valence-corrected chi connectivity index (χ4v) is 1.51. The van der Waals surface area contributed by atoms with Crippen molar-refractivity contribution in [3.8, 4) is 11.5 Å². The van der Waals surface area contributed by atoms with Crippen LogP contribution in [0.15, 0.2) is 53.2 Å². The number of nitrogens with zero attached hydrogens (tertiary/aromatic N) is 1. The molecule has 1 heterocycles. The molecule has 88 valence electrons. The molecule has 0 aliphatic carbocycles. The third-order valence-electron chi connectivity index (χ3n) is 2.31. The fourth-order valence-electron chi connectivity index (χ4n) is 1.51. The lowest BCUT2D eigenvalue weighted by atomic mass is 10.2. The zero-order valence-electron chi connectivity index (χ0n) is 9.94. The summed E-state index contributed by atoms with van der Waals surface area (Å²) >= 11 is 0. The molecule has 17 heavy (non-hydrogen) atoms. The fraction of sp³-hybridized carbons (Fsp3) is 0.214. The number of hydrogen-bond acceptors (Lipinski definition) is 3. The van der Waals surface area contributed by atoms with Crippen molar-refractivity contribution in [3.63, 3.8) is 0 Å². The Bertz CT molecular complexity index is 488. The summed E-state index contributed by atoms with van der Waals surface area (Å²) in [6, 6.07) is 9.88. The molecular formula is C14H16N2O. The van der Waals surface area contributed by atoms with Crippen LogP contribution in [0.25, 0.3) is 11.5 Å². The molecule has 0 unspecified atom stereocenters. The molecule has 0 fully saturated rings. The van der Waals surface area contributed by atoms with Crippen LogP contribution in [-0.2, 0) is 6.54 Å². The second-order valence-electron chi connectivity index (χ2n) is 4.07. The Balaban J connectivity index is 1.99. The van der Waals surface area contributed by atoms with E-state index in [0.717, 1.165) is 23.4 Å². The largest absolute Gasteiger partial charge is 0.444 e. The van der Waals surface area contributed by atoms with Gasteiger partial charge in [-0.1, -0.05) is 30.4 Å². The van der Waals surface area contributed by atoms with Gasteiger partial charge >= 0.3 is 0 Å². The minimum absolute atomic E-state index is 0.665. The molecular weight excluding hydrogens is 212 g/mol. The number of hydrogen-bond donors (Lipinski definition) is 1. The smallest absolute Gasteiger partial charge is 0.226 e. The van der Waals surface area contributed by atoms with Crippen LogP contribution in [0.4, 0.5) is 0 Å². The quantitative estimate of drug-likeness (QED) is 0.799. The van der Waals surface area contributed by atoms with Crippen molar-refractivity contribution in [2.45, 2.75) is 13.5 Å². The Hall–Kier alpha value is -1.87. The van der Waals surface area contributed by atoms with Gasteiger partial charge in [-0.25, -0.2) is 4.98 Å². The zero-order chi connectivity index (χ0) is 12.1. The van der Waals surface area contributed by atoms with Crippen molar-refractivity contribution in [1.29, 1.82) is 0 Å². The number of oxazole rings is 1. The first kappa shape index (κ1) is 11.6. The molecule has 3 heteroatoms. The summed E-state index contributed by atoms with van der Waals surface area (Å²) < 4.78 is 5.43. The molecule has 0 radical (unpaired) electrons. The second kappa shape index (κ2) is 5.46. The van der Waals surface area contributed by atoms with Gasteiger partial charge in [0.2, 0.25) is 5.89 Å². The van der Waals surface area contributed by atoms with Crippen LogP contribution in [-0.4, -0.2) is 11.5 Å². The number of rotatable bonds is 5. The highest BCUT2D eigenvalue weighted by molar-refractivity contribution is 5.52. The maximum atomic E-state index is 5.43. The van der Waals surface area contributed by atoms with Gasteiger partial charge in [-0.15, -0.1) is 0 Å². The maximum Gasteiger partial charge on any atom is 0.226 e. The van der Waals surface area contributed by atoms with Crippen LogP contribution in [0.1, 0.15) is 12.6 Å². The molecule has 0 saturated heterocycles. The van der Waals surface area contributed by atoms with E-state index in [1.54, 1.807) is 6.26 Å². The molecule has 0 saturated carbocycles. The first-order valence-corrected chi connectivity index (χ1v) is 5.60. The summed E-state index contributed by atoms with van der Waals surface area (Å²) in [5.74, 6) is 0.665. The van der Waals surface area contributed by atoms with Gasteiger partial charge in [-0.3, -0.25) is 0 Å². The molecule has 2 aromatic rings. The standard InChI is InChI=1S/C14H16N2O/c1-11(2)8-15-9-13-10-17-14(16-13)12-6-4-3-5-7-12/h3-7,10,15H,1,8-9H2,2H3. The number of benzene rings is 1. The van der Waals surface area contributed by atoms with E-state index in [9.17, 15) is 0 Å². The first-order chi connectivity index (χ1) is 8.25. The van der Waals surface area contributed by atoms with Crippen LogP contribution in [0.5, 0.6) is 0 Å². The molecule has 1 aromatic carbocycles. The molecule has 3 nitrogen and oxygen atoms in total. The topological polar surface area (TPSA) is 38.1 Å². The highest BCUT2D eigenvalue weighted by atomic mass is 16.3. The van der Waals surface area contributed by atoms with Crippen LogP contribution in [0, 0.1) is 0 Å². The highest BCUT2D eigenvalue weighted by Crippen LogP contribution is 2.17. The lowest BCUT2D eigenvalue weighted by molar-refractivity contribution is 0.571. The predicted molar refractivity (Wildman–Crippen MR) is 68.5 cm³/mol. The van der Waals surface area contributed by atoms with Crippen molar-refractivity contribution in [3.05, 3.63) is 54.4 Å². The summed E-state index contributed by atoms with van der Waals surface area (Å²) in [6.45, 7) is 7.32. The Kier molecular flexibility index (Phi) is 3.73. The van der Waals surface area contributed by atoms with Gasteiger partial charge in [-0.2, -0.15) is 0 Å². The summed E-state index contributed by atoms with van der Waals surface area (Å²) in [6.07, 6.45) is 1.69. The lowest BCUT2D eigenvalue weighted by Crippen LogP contribution is -2.15. The van der Waals surface area contributed by atoms with Gasteiger partial charge in [0.25, 0.3) is 0 Å². The number of nitrogens with one attached hydrogen (secondary N) is 1. The predicted octanol–water partition coefficient (Wildman–Crippen LogP) is 3.01. The molecule has 0 aliphatic heterocycles. The van der Waals surface area contributed by atoms with Crippen LogP contribution in [0.2, 0.25) is 0 Å². The lowest BCUT2D eigenvalue weighted by Gasteiger charge is -1.99. The van der Waals surface area contributed by atoms with Crippen molar-refractivity contribution >= 4 is 0 Å².